The average molecular weight is 295 g/mol. The summed E-state index contributed by atoms with van der Waals surface area (Å²) in [4.78, 5) is 35.9. The molecule has 1 aromatic rings. The number of rotatable bonds is 4. The van der Waals surface area contributed by atoms with E-state index >= 15 is 0 Å². The number of ether oxygens (including phenoxy) is 3. The van der Waals surface area contributed by atoms with Crippen molar-refractivity contribution >= 4 is 23.5 Å². The zero-order chi connectivity index (χ0) is 15.6. The van der Waals surface area contributed by atoms with Gasteiger partial charge in [-0.2, -0.15) is 0 Å². The van der Waals surface area contributed by atoms with Gasteiger partial charge >= 0.3 is 5.97 Å². The Kier molecular flexibility index (Phi) is 4.08. The highest BCUT2D eigenvalue weighted by molar-refractivity contribution is 6.19. The zero-order valence-electron chi connectivity index (χ0n) is 11.4. The maximum atomic E-state index is 11.8. The number of carboxylic acids is 1. The van der Waals surface area contributed by atoms with Crippen LogP contribution in [-0.4, -0.2) is 50.3 Å². The van der Waals surface area contributed by atoms with Crippen LogP contribution in [0, 0.1) is 0 Å². The minimum atomic E-state index is -1.29. The maximum Gasteiger partial charge on any atom is 0.337 e. The lowest BCUT2D eigenvalue weighted by Gasteiger charge is -2.26. The standard InChI is InChI=1S/C13H13NO7/c1-19-9-3-7(13(17)18)8(4-10(9)20-2)14-11(15)5-21-6-12(14)16/h3-4H,5-6H2,1-2H3,(H,17,18). The number of morpholine rings is 1. The lowest BCUT2D eigenvalue weighted by atomic mass is 10.1. The molecule has 0 unspecified atom stereocenters. The van der Waals surface area contributed by atoms with Gasteiger partial charge < -0.3 is 19.3 Å². The van der Waals surface area contributed by atoms with Gasteiger partial charge in [0, 0.05) is 12.1 Å². The first-order chi connectivity index (χ1) is 9.99. The van der Waals surface area contributed by atoms with Crippen molar-refractivity contribution < 1.29 is 33.7 Å². The van der Waals surface area contributed by atoms with Gasteiger partial charge in [0.05, 0.1) is 25.5 Å². The van der Waals surface area contributed by atoms with Crippen LogP contribution in [0.4, 0.5) is 5.69 Å². The van der Waals surface area contributed by atoms with Gasteiger partial charge in [-0.1, -0.05) is 0 Å². The van der Waals surface area contributed by atoms with Crippen LogP contribution < -0.4 is 14.4 Å². The molecule has 8 nitrogen and oxygen atoms in total. The fourth-order valence-corrected chi connectivity index (χ4v) is 1.99. The average Bonchev–Trinajstić information content (AvgIpc) is 2.46. The van der Waals surface area contributed by atoms with E-state index in [1.807, 2.05) is 0 Å². The topological polar surface area (TPSA) is 102 Å². The maximum absolute atomic E-state index is 11.8. The Morgan fingerprint density at radius 1 is 1.14 bits per heavy atom. The highest BCUT2D eigenvalue weighted by Crippen LogP contribution is 2.35. The molecule has 0 spiro atoms. The van der Waals surface area contributed by atoms with Crippen LogP contribution in [0.25, 0.3) is 0 Å². The molecule has 1 saturated heterocycles. The molecule has 21 heavy (non-hydrogen) atoms. The summed E-state index contributed by atoms with van der Waals surface area (Å²) in [5, 5.41) is 9.28. The number of aromatic carboxylic acids is 1. The second-order valence-corrected chi connectivity index (χ2v) is 4.15. The summed E-state index contributed by atoms with van der Waals surface area (Å²) in [6.07, 6.45) is 0. The molecule has 2 amide bonds. The summed E-state index contributed by atoms with van der Waals surface area (Å²) >= 11 is 0. The number of anilines is 1. The number of hydrogen-bond donors (Lipinski definition) is 1. The van der Waals surface area contributed by atoms with Crippen molar-refractivity contribution in [1.29, 1.82) is 0 Å². The minimum Gasteiger partial charge on any atom is -0.493 e. The van der Waals surface area contributed by atoms with Crippen LogP contribution >= 0.6 is 0 Å². The molecule has 1 heterocycles. The van der Waals surface area contributed by atoms with E-state index in [1.165, 1.54) is 26.4 Å². The molecule has 8 heteroatoms. The molecule has 0 bridgehead atoms. The highest BCUT2D eigenvalue weighted by atomic mass is 16.5. The van der Waals surface area contributed by atoms with Gasteiger partial charge in [-0.15, -0.1) is 0 Å². The number of hydrogen-bond acceptors (Lipinski definition) is 6. The third-order valence-corrected chi connectivity index (χ3v) is 2.92. The number of carbonyl (C=O) groups excluding carboxylic acids is 2. The molecule has 1 aliphatic heterocycles. The van der Waals surface area contributed by atoms with E-state index in [0.717, 1.165) is 4.90 Å². The summed E-state index contributed by atoms with van der Waals surface area (Å²) in [5.74, 6) is -2.17. The second-order valence-electron chi connectivity index (χ2n) is 4.15. The number of nitrogens with zero attached hydrogens (tertiary/aromatic N) is 1. The molecule has 0 aliphatic carbocycles. The lowest BCUT2D eigenvalue weighted by Crippen LogP contribution is -2.47. The van der Waals surface area contributed by atoms with E-state index in [0.29, 0.717) is 0 Å². The molecule has 0 atom stereocenters. The van der Waals surface area contributed by atoms with E-state index in [2.05, 4.69) is 0 Å². The monoisotopic (exact) mass is 295 g/mol. The van der Waals surface area contributed by atoms with E-state index < -0.39 is 17.8 Å². The van der Waals surface area contributed by atoms with Gasteiger partial charge in [-0.3, -0.25) is 9.59 Å². The third kappa shape index (κ3) is 2.65. The van der Waals surface area contributed by atoms with Crippen LogP contribution in [0.3, 0.4) is 0 Å². The van der Waals surface area contributed by atoms with Crippen LogP contribution in [0.5, 0.6) is 11.5 Å². The molecule has 1 fully saturated rings. The van der Waals surface area contributed by atoms with Crippen molar-refractivity contribution in [2.45, 2.75) is 0 Å². The fourth-order valence-electron chi connectivity index (χ4n) is 1.99. The Balaban J connectivity index is 2.62. The number of carboxylic acid groups (broad SMARTS) is 1. The molecule has 0 radical (unpaired) electrons. The summed E-state index contributed by atoms with van der Waals surface area (Å²) in [7, 11) is 2.72. The Morgan fingerprint density at radius 3 is 2.14 bits per heavy atom. The molecule has 1 N–H and O–H groups in total. The second kappa shape index (κ2) is 5.80. The van der Waals surface area contributed by atoms with E-state index in [9.17, 15) is 19.5 Å². The summed E-state index contributed by atoms with van der Waals surface area (Å²) < 4.78 is 14.9. The van der Waals surface area contributed by atoms with Gasteiger partial charge in [0.1, 0.15) is 13.2 Å². The number of imide groups is 1. The Morgan fingerprint density at radius 2 is 1.67 bits per heavy atom. The number of methoxy groups -OCH3 is 2. The molecule has 112 valence electrons. The van der Waals surface area contributed by atoms with Crippen LogP contribution in [0.1, 0.15) is 10.4 Å². The van der Waals surface area contributed by atoms with E-state index in [1.54, 1.807) is 0 Å². The van der Waals surface area contributed by atoms with Crippen LogP contribution in [0.2, 0.25) is 0 Å². The van der Waals surface area contributed by atoms with Crippen molar-refractivity contribution in [3.8, 4) is 11.5 Å². The minimum absolute atomic E-state index is 0.0709. The Labute approximate surface area is 119 Å². The number of carbonyl (C=O) groups is 3. The van der Waals surface area contributed by atoms with Gasteiger partial charge in [-0.05, 0) is 0 Å². The SMILES string of the molecule is COc1cc(C(=O)O)c(N2C(=O)COCC2=O)cc1OC. The molecule has 0 saturated carbocycles. The quantitative estimate of drug-likeness (QED) is 0.796. The predicted molar refractivity (Wildman–Crippen MR) is 69.8 cm³/mol. The summed E-state index contributed by atoms with van der Waals surface area (Å²) in [6, 6.07) is 2.48. The first-order valence-corrected chi connectivity index (χ1v) is 5.92. The molecule has 1 aromatic carbocycles. The predicted octanol–water partition coefficient (Wildman–Crippen LogP) is 0.292. The third-order valence-electron chi connectivity index (χ3n) is 2.92. The first kappa shape index (κ1) is 14.8. The molecular weight excluding hydrogens is 282 g/mol. The Bertz CT molecular complexity index is 595. The summed E-state index contributed by atoms with van der Waals surface area (Å²) in [6.45, 7) is -0.585. The van der Waals surface area contributed by atoms with E-state index in [-0.39, 0.29) is 36.0 Å². The van der Waals surface area contributed by atoms with Gasteiger partial charge in [0.15, 0.2) is 11.5 Å². The van der Waals surface area contributed by atoms with Crippen molar-refractivity contribution in [3.05, 3.63) is 17.7 Å². The van der Waals surface area contributed by atoms with Crippen molar-refractivity contribution in [2.24, 2.45) is 0 Å². The summed E-state index contributed by atoms with van der Waals surface area (Å²) in [5.41, 5.74) is -0.310. The lowest BCUT2D eigenvalue weighted by molar-refractivity contribution is -0.138. The van der Waals surface area contributed by atoms with Gasteiger partial charge in [0.25, 0.3) is 11.8 Å². The number of benzene rings is 1. The normalized spacial score (nSPS) is 15.0. The van der Waals surface area contributed by atoms with Crippen molar-refractivity contribution in [1.82, 2.24) is 0 Å². The number of amides is 2. The fraction of sp³-hybridized carbons (Fsp3) is 0.308. The molecule has 2 rings (SSSR count). The Hall–Kier alpha value is -2.61. The highest BCUT2D eigenvalue weighted by Gasteiger charge is 2.32. The molecular formula is C13H13NO7. The zero-order valence-corrected chi connectivity index (χ0v) is 11.4. The van der Waals surface area contributed by atoms with Gasteiger partial charge in [-0.25, -0.2) is 9.69 Å². The van der Waals surface area contributed by atoms with Gasteiger partial charge in [0.2, 0.25) is 0 Å². The smallest absolute Gasteiger partial charge is 0.337 e. The van der Waals surface area contributed by atoms with Crippen LogP contribution in [-0.2, 0) is 14.3 Å². The van der Waals surface area contributed by atoms with Crippen LogP contribution in [0.15, 0.2) is 12.1 Å². The largest absolute Gasteiger partial charge is 0.493 e. The first-order valence-electron chi connectivity index (χ1n) is 5.92. The van der Waals surface area contributed by atoms with Crippen molar-refractivity contribution in [3.63, 3.8) is 0 Å². The molecule has 0 aromatic heterocycles. The van der Waals surface area contributed by atoms with Crippen molar-refractivity contribution in [2.75, 3.05) is 32.3 Å². The van der Waals surface area contributed by atoms with E-state index in [4.69, 9.17) is 14.2 Å². The molecule has 1 aliphatic rings.